The minimum absolute atomic E-state index is 0.126. The third-order valence-electron chi connectivity index (χ3n) is 7.98. The first-order valence-electron chi connectivity index (χ1n) is 15.4. The van der Waals surface area contributed by atoms with Crippen LogP contribution in [0.5, 0.6) is 17.2 Å². The van der Waals surface area contributed by atoms with Crippen LogP contribution in [0.4, 0.5) is 0 Å². The topological polar surface area (TPSA) is 40.0 Å². The Kier molecular flexibility index (Phi) is 9.85. The number of ether oxygens (including phenoxy) is 3. The van der Waals surface area contributed by atoms with Crippen molar-refractivity contribution in [2.24, 2.45) is 4.99 Å². The molecule has 0 aliphatic heterocycles. The molecule has 4 nitrogen and oxygen atoms in total. The normalized spacial score (nSPS) is 13.1. The fraction of sp³-hybridized carbons (Fsp3) is 0.513. The molecule has 43 heavy (non-hydrogen) atoms. The van der Waals surface area contributed by atoms with Gasteiger partial charge in [0.25, 0.3) is 0 Å². The molecule has 0 aromatic heterocycles. The number of benzene rings is 3. The van der Waals surface area contributed by atoms with Crippen LogP contribution < -0.4 is 14.2 Å². The molecule has 3 aromatic rings. The Morgan fingerprint density at radius 2 is 0.837 bits per heavy atom. The lowest BCUT2D eigenvalue weighted by atomic mass is 9.75. The summed E-state index contributed by atoms with van der Waals surface area (Å²) in [5.41, 5.74) is 7.53. The van der Waals surface area contributed by atoms with Crippen LogP contribution in [-0.2, 0) is 21.7 Å². The molecule has 4 heteroatoms. The maximum atomic E-state index is 6.11. The van der Waals surface area contributed by atoms with Crippen molar-refractivity contribution in [3.05, 3.63) is 87.5 Å². The summed E-state index contributed by atoms with van der Waals surface area (Å²) in [4.78, 5) is 5.35. The van der Waals surface area contributed by atoms with Crippen molar-refractivity contribution in [2.75, 3.05) is 21.3 Å². The van der Waals surface area contributed by atoms with Gasteiger partial charge >= 0.3 is 0 Å². The second-order valence-electron chi connectivity index (χ2n) is 15.8. The number of hydrogen-bond donors (Lipinski definition) is 0. The molecule has 234 valence electrons. The molecule has 0 aliphatic rings. The summed E-state index contributed by atoms with van der Waals surface area (Å²) < 4.78 is 17.6. The molecule has 3 aromatic carbocycles. The van der Waals surface area contributed by atoms with Gasteiger partial charge in [-0.25, -0.2) is 0 Å². The van der Waals surface area contributed by atoms with Crippen LogP contribution >= 0.6 is 0 Å². The van der Waals surface area contributed by atoms with Crippen molar-refractivity contribution in [3.8, 4) is 17.2 Å². The Morgan fingerprint density at radius 3 is 1.09 bits per heavy atom. The zero-order valence-electron chi connectivity index (χ0n) is 29.4. The number of hydrogen-bond acceptors (Lipinski definition) is 4. The van der Waals surface area contributed by atoms with Crippen LogP contribution in [0.2, 0.25) is 0 Å². The van der Waals surface area contributed by atoms with E-state index in [-0.39, 0.29) is 27.7 Å². The van der Waals surface area contributed by atoms with E-state index in [1.165, 1.54) is 22.3 Å². The molecular weight excluding hydrogens is 530 g/mol. The molecule has 0 fully saturated rings. The predicted octanol–water partition coefficient (Wildman–Crippen LogP) is 10.1. The second kappa shape index (κ2) is 12.4. The third kappa shape index (κ3) is 7.82. The van der Waals surface area contributed by atoms with Gasteiger partial charge in [-0.15, -0.1) is 0 Å². The van der Waals surface area contributed by atoms with E-state index in [0.29, 0.717) is 0 Å². The Balaban J connectivity index is 2.47. The SMILES string of the molecule is COc1ccc(C=NC(c2cc(C(C)(C)C)c(OC)c(C(C)(C)C)c2)c2cc(C(C)(C)C)c(OC)c(C(C)(C)C)c2)cc1. The molecule has 0 aliphatic carbocycles. The number of rotatable bonds is 7. The highest BCUT2D eigenvalue weighted by Crippen LogP contribution is 2.46. The van der Waals surface area contributed by atoms with E-state index in [4.69, 9.17) is 19.2 Å². The van der Waals surface area contributed by atoms with Gasteiger partial charge in [-0.3, -0.25) is 4.99 Å². The fourth-order valence-electron chi connectivity index (χ4n) is 5.50. The smallest absolute Gasteiger partial charge is 0.126 e. The van der Waals surface area contributed by atoms with Gasteiger partial charge in [0.05, 0.1) is 27.4 Å². The number of nitrogens with zero attached hydrogens (tertiary/aromatic N) is 1. The molecule has 0 unspecified atom stereocenters. The number of methoxy groups -OCH3 is 3. The monoisotopic (exact) mass is 585 g/mol. The lowest BCUT2D eigenvalue weighted by Gasteiger charge is -2.32. The zero-order valence-corrected chi connectivity index (χ0v) is 29.4. The van der Waals surface area contributed by atoms with E-state index in [9.17, 15) is 0 Å². The van der Waals surface area contributed by atoms with Gasteiger partial charge in [-0.1, -0.05) is 83.1 Å². The molecule has 0 radical (unpaired) electrons. The summed E-state index contributed by atoms with van der Waals surface area (Å²) in [7, 11) is 5.26. The summed E-state index contributed by atoms with van der Waals surface area (Å²) >= 11 is 0. The summed E-state index contributed by atoms with van der Waals surface area (Å²) in [6.07, 6.45) is 1.99. The average molecular weight is 586 g/mol. The van der Waals surface area contributed by atoms with Gasteiger partial charge in [-0.05, 0) is 86.9 Å². The van der Waals surface area contributed by atoms with Crippen molar-refractivity contribution in [1.82, 2.24) is 0 Å². The third-order valence-corrected chi connectivity index (χ3v) is 7.98. The van der Waals surface area contributed by atoms with E-state index in [1.54, 1.807) is 21.3 Å². The first-order chi connectivity index (χ1) is 19.7. The highest BCUT2D eigenvalue weighted by Gasteiger charge is 2.32. The van der Waals surface area contributed by atoms with Crippen molar-refractivity contribution >= 4 is 6.21 Å². The van der Waals surface area contributed by atoms with Gasteiger partial charge < -0.3 is 14.2 Å². The van der Waals surface area contributed by atoms with E-state index >= 15 is 0 Å². The summed E-state index contributed by atoms with van der Waals surface area (Å²) in [6, 6.07) is 17.0. The molecule has 0 N–H and O–H groups in total. The number of aliphatic imine (C=N–C) groups is 1. The lowest BCUT2D eigenvalue weighted by molar-refractivity contribution is 0.380. The van der Waals surface area contributed by atoms with Crippen LogP contribution in [0.15, 0.2) is 53.5 Å². The van der Waals surface area contributed by atoms with Crippen LogP contribution in [0.1, 0.15) is 128 Å². The standard InChI is InChI=1S/C39H55NO3/c1-36(2,3)29-20-26(21-30(34(29)42-14)37(4,5)6)33(40-24-25-16-18-28(41-13)19-17-25)27-22-31(38(7,8)9)35(43-15)32(23-27)39(10,11)12/h16-24,33H,1-15H3. The van der Waals surface area contributed by atoms with Gasteiger partial charge in [0, 0.05) is 28.5 Å². The van der Waals surface area contributed by atoms with Crippen LogP contribution in [0.3, 0.4) is 0 Å². The van der Waals surface area contributed by atoms with E-state index in [2.05, 4.69) is 107 Å². The molecule has 0 bridgehead atoms. The van der Waals surface area contributed by atoms with Crippen LogP contribution in [0, 0.1) is 0 Å². The van der Waals surface area contributed by atoms with Gasteiger partial charge in [0.2, 0.25) is 0 Å². The van der Waals surface area contributed by atoms with E-state index in [0.717, 1.165) is 33.9 Å². The minimum Gasteiger partial charge on any atom is -0.497 e. The van der Waals surface area contributed by atoms with Crippen molar-refractivity contribution in [1.29, 1.82) is 0 Å². The molecule has 0 atom stereocenters. The van der Waals surface area contributed by atoms with E-state index < -0.39 is 0 Å². The Morgan fingerprint density at radius 1 is 0.512 bits per heavy atom. The fourth-order valence-corrected chi connectivity index (χ4v) is 5.50. The summed E-state index contributed by atoms with van der Waals surface area (Å²) in [5.74, 6) is 2.75. The van der Waals surface area contributed by atoms with Crippen molar-refractivity contribution < 1.29 is 14.2 Å². The molecule has 0 heterocycles. The Hall–Kier alpha value is -3.27. The largest absolute Gasteiger partial charge is 0.497 e. The Labute approximate surface area is 261 Å². The Bertz CT molecular complexity index is 1280. The lowest BCUT2D eigenvalue weighted by Crippen LogP contribution is -2.21. The van der Waals surface area contributed by atoms with Crippen molar-refractivity contribution in [3.63, 3.8) is 0 Å². The molecule has 0 saturated heterocycles. The first kappa shape index (κ1) is 34.2. The van der Waals surface area contributed by atoms with Gasteiger partial charge in [0.15, 0.2) is 0 Å². The highest BCUT2D eigenvalue weighted by molar-refractivity contribution is 5.80. The quantitative estimate of drug-likeness (QED) is 0.259. The summed E-state index contributed by atoms with van der Waals surface area (Å²) in [6.45, 7) is 27.0. The summed E-state index contributed by atoms with van der Waals surface area (Å²) in [5, 5.41) is 0. The maximum Gasteiger partial charge on any atom is 0.126 e. The van der Waals surface area contributed by atoms with Gasteiger partial charge in [-0.2, -0.15) is 0 Å². The molecular formula is C39H55NO3. The first-order valence-corrected chi connectivity index (χ1v) is 15.4. The molecule has 0 saturated carbocycles. The minimum atomic E-state index is -0.247. The van der Waals surface area contributed by atoms with Crippen LogP contribution in [-0.4, -0.2) is 27.5 Å². The van der Waals surface area contributed by atoms with E-state index in [1.807, 2.05) is 30.5 Å². The van der Waals surface area contributed by atoms with Crippen LogP contribution in [0.25, 0.3) is 0 Å². The second-order valence-corrected chi connectivity index (χ2v) is 15.8. The maximum absolute atomic E-state index is 6.11. The van der Waals surface area contributed by atoms with Gasteiger partial charge in [0.1, 0.15) is 17.2 Å². The molecule has 3 rings (SSSR count). The van der Waals surface area contributed by atoms with Crippen molar-refractivity contribution in [2.45, 2.75) is 111 Å². The molecule has 0 spiro atoms. The zero-order chi connectivity index (χ0) is 32.5. The molecule has 0 amide bonds. The highest BCUT2D eigenvalue weighted by atomic mass is 16.5. The average Bonchev–Trinajstić information content (AvgIpc) is 2.90. The predicted molar refractivity (Wildman–Crippen MR) is 183 cm³/mol.